The molecule has 90 valence electrons. The van der Waals surface area contributed by atoms with Crippen LogP contribution in [0, 0.1) is 0 Å². The standard InChI is InChI=1S/C13H22N2O/c1-3-12(4-2)15-8-9-16-13-7-5-6-11(14)10-13/h5-7,10,12,15H,3-4,8-9,14H2,1-2H3. The first-order valence-corrected chi connectivity index (χ1v) is 5.98. The van der Waals surface area contributed by atoms with Crippen molar-refractivity contribution in [1.29, 1.82) is 0 Å². The van der Waals surface area contributed by atoms with Crippen molar-refractivity contribution < 1.29 is 4.74 Å². The highest BCUT2D eigenvalue weighted by molar-refractivity contribution is 5.43. The first kappa shape index (κ1) is 12.8. The number of ether oxygens (including phenoxy) is 1. The number of hydrogen-bond donors (Lipinski definition) is 2. The van der Waals surface area contributed by atoms with Crippen LogP contribution in [-0.4, -0.2) is 19.2 Å². The number of nitrogens with one attached hydrogen (secondary N) is 1. The number of nitrogens with two attached hydrogens (primary N) is 1. The van der Waals surface area contributed by atoms with Crippen LogP contribution in [0.4, 0.5) is 5.69 Å². The van der Waals surface area contributed by atoms with E-state index in [0.717, 1.165) is 30.8 Å². The van der Waals surface area contributed by atoms with E-state index in [4.69, 9.17) is 10.5 Å². The summed E-state index contributed by atoms with van der Waals surface area (Å²) in [5.74, 6) is 0.839. The van der Waals surface area contributed by atoms with Gasteiger partial charge in [0.1, 0.15) is 12.4 Å². The molecular weight excluding hydrogens is 200 g/mol. The Morgan fingerprint density at radius 3 is 2.69 bits per heavy atom. The molecular formula is C13H22N2O. The molecule has 3 heteroatoms. The molecule has 0 aliphatic rings. The highest BCUT2D eigenvalue weighted by Crippen LogP contribution is 2.13. The predicted molar refractivity (Wildman–Crippen MR) is 68.7 cm³/mol. The molecule has 1 aromatic carbocycles. The Morgan fingerprint density at radius 1 is 1.31 bits per heavy atom. The van der Waals surface area contributed by atoms with Crippen molar-refractivity contribution in [3.63, 3.8) is 0 Å². The van der Waals surface area contributed by atoms with Crippen molar-refractivity contribution >= 4 is 5.69 Å². The van der Waals surface area contributed by atoms with Gasteiger partial charge in [-0.3, -0.25) is 0 Å². The van der Waals surface area contributed by atoms with Crippen molar-refractivity contribution in [2.75, 3.05) is 18.9 Å². The number of benzene rings is 1. The van der Waals surface area contributed by atoms with E-state index in [1.807, 2.05) is 24.3 Å². The molecule has 0 fully saturated rings. The number of rotatable bonds is 7. The van der Waals surface area contributed by atoms with Crippen LogP contribution in [0.15, 0.2) is 24.3 Å². The van der Waals surface area contributed by atoms with Crippen molar-refractivity contribution in [3.8, 4) is 5.75 Å². The van der Waals surface area contributed by atoms with Crippen molar-refractivity contribution in [3.05, 3.63) is 24.3 Å². The highest BCUT2D eigenvalue weighted by Gasteiger charge is 2.01. The van der Waals surface area contributed by atoms with Gasteiger partial charge in [-0.25, -0.2) is 0 Å². The first-order chi connectivity index (χ1) is 7.76. The van der Waals surface area contributed by atoms with Crippen LogP contribution in [0.1, 0.15) is 26.7 Å². The number of nitrogen functional groups attached to an aromatic ring is 1. The summed E-state index contributed by atoms with van der Waals surface area (Å²) in [5, 5.41) is 3.45. The zero-order chi connectivity index (χ0) is 11.8. The Kier molecular flexibility index (Phi) is 5.72. The summed E-state index contributed by atoms with van der Waals surface area (Å²) in [6.07, 6.45) is 2.32. The summed E-state index contributed by atoms with van der Waals surface area (Å²) in [5.41, 5.74) is 6.40. The molecule has 0 aliphatic heterocycles. The van der Waals surface area contributed by atoms with Gasteiger partial charge in [0.2, 0.25) is 0 Å². The number of anilines is 1. The fourth-order valence-electron chi connectivity index (χ4n) is 1.61. The van der Waals surface area contributed by atoms with Gasteiger partial charge in [-0.05, 0) is 25.0 Å². The van der Waals surface area contributed by atoms with E-state index in [-0.39, 0.29) is 0 Å². The van der Waals surface area contributed by atoms with Crippen LogP contribution in [0.2, 0.25) is 0 Å². The second kappa shape index (κ2) is 7.12. The maximum absolute atomic E-state index is 5.66. The molecule has 0 amide bonds. The van der Waals surface area contributed by atoms with Gasteiger partial charge in [-0.1, -0.05) is 19.9 Å². The van der Waals surface area contributed by atoms with Gasteiger partial charge in [-0.2, -0.15) is 0 Å². The van der Waals surface area contributed by atoms with Gasteiger partial charge in [-0.15, -0.1) is 0 Å². The summed E-state index contributed by atoms with van der Waals surface area (Å²) in [6.45, 7) is 5.95. The monoisotopic (exact) mass is 222 g/mol. The zero-order valence-electron chi connectivity index (χ0n) is 10.2. The molecule has 0 heterocycles. The minimum absolute atomic E-state index is 0.601. The lowest BCUT2D eigenvalue weighted by molar-refractivity contribution is 0.302. The van der Waals surface area contributed by atoms with E-state index in [1.165, 1.54) is 0 Å². The van der Waals surface area contributed by atoms with E-state index in [2.05, 4.69) is 19.2 Å². The Bertz CT molecular complexity index is 298. The molecule has 16 heavy (non-hydrogen) atoms. The molecule has 0 saturated carbocycles. The fraction of sp³-hybridized carbons (Fsp3) is 0.538. The molecule has 3 nitrogen and oxygen atoms in total. The van der Waals surface area contributed by atoms with Gasteiger partial charge in [0.25, 0.3) is 0 Å². The molecule has 0 spiro atoms. The van der Waals surface area contributed by atoms with Crippen molar-refractivity contribution in [2.45, 2.75) is 32.7 Å². The maximum Gasteiger partial charge on any atom is 0.121 e. The van der Waals surface area contributed by atoms with E-state index in [1.54, 1.807) is 0 Å². The Morgan fingerprint density at radius 2 is 2.06 bits per heavy atom. The quantitative estimate of drug-likeness (QED) is 0.550. The average molecular weight is 222 g/mol. The SMILES string of the molecule is CCC(CC)NCCOc1cccc(N)c1. The maximum atomic E-state index is 5.66. The van der Waals surface area contributed by atoms with Crippen LogP contribution in [0.5, 0.6) is 5.75 Å². The van der Waals surface area contributed by atoms with Crippen LogP contribution >= 0.6 is 0 Å². The third kappa shape index (κ3) is 4.53. The van der Waals surface area contributed by atoms with Crippen LogP contribution in [0.3, 0.4) is 0 Å². The predicted octanol–water partition coefficient (Wildman–Crippen LogP) is 2.43. The van der Waals surface area contributed by atoms with E-state index < -0.39 is 0 Å². The van der Waals surface area contributed by atoms with Crippen molar-refractivity contribution in [1.82, 2.24) is 5.32 Å². The lowest BCUT2D eigenvalue weighted by Crippen LogP contribution is -2.31. The summed E-state index contributed by atoms with van der Waals surface area (Å²) < 4.78 is 5.58. The fourth-order valence-corrected chi connectivity index (χ4v) is 1.61. The lowest BCUT2D eigenvalue weighted by Gasteiger charge is -2.14. The van der Waals surface area contributed by atoms with Crippen LogP contribution < -0.4 is 15.8 Å². The minimum Gasteiger partial charge on any atom is -0.492 e. The van der Waals surface area contributed by atoms with E-state index >= 15 is 0 Å². The minimum atomic E-state index is 0.601. The molecule has 0 aromatic heterocycles. The third-order valence-corrected chi connectivity index (χ3v) is 2.65. The molecule has 0 saturated heterocycles. The molecule has 1 aromatic rings. The number of hydrogen-bond acceptors (Lipinski definition) is 3. The first-order valence-electron chi connectivity index (χ1n) is 5.98. The molecule has 0 radical (unpaired) electrons. The van der Waals surface area contributed by atoms with Crippen LogP contribution in [0.25, 0.3) is 0 Å². The Labute approximate surface area is 98.0 Å². The smallest absolute Gasteiger partial charge is 0.121 e. The Hall–Kier alpha value is -1.22. The van der Waals surface area contributed by atoms with Gasteiger partial charge >= 0.3 is 0 Å². The molecule has 0 bridgehead atoms. The second-order valence-electron chi connectivity index (χ2n) is 3.89. The van der Waals surface area contributed by atoms with Gasteiger partial charge < -0.3 is 15.8 Å². The lowest BCUT2D eigenvalue weighted by atomic mass is 10.2. The molecule has 3 N–H and O–H groups in total. The molecule has 0 aliphatic carbocycles. The van der Waals surface area contributed by atoms with Crippen molar-refractivity contribution in [2.24, 2.45) is 0 Å². The molecule has 0 unspecified atom stereocenters. The second-order valence-corrected chi connectivity index (χ2v) is 3.89. The summed E-state index contributed by atoms with van der Waals surface area (Å²) >= 11 is 0. The average Bonchev–Trinajstić information content (AvgIpc) is 2.29. The van der Waals surface area contributed by atoms with Gasteiger partial charge in [0.05, 0.1) is 0 Å². The summed E-state index contributed by atoms with van der Waals surface area (Å²) in [7, 11) is 0. The Balaban J connectivity index is 2.20. The van der Waals surface area contributed by atoms with Gasteiger partial charge in [0, 0.05) is 24.3 Å². The topological polar surface area (TPSA) is 47.3 Å². The van der Waals surface area contributed by atoms with E-state index in [0.29, 0.717) is 12.6 Å². The normalized spacial score (nSPS) is 10.7. The zero-order valence-corrected chi connectivity index (χ0v) is 10.2. The molecule has 1 rings (SSSR count). The van der Waals surface area contributed by atoms with Crippen LogP contribution in [-0.2, 0) is 0 Å². The summed E-state index contributed by atoms with van der Waals surface area (Å²) in [4.78, 5) is 0. The third-order valence-electron chi connectivity index (χ3n) is 2.65. The largest absolute Gasteiger partial charge is 0.492 e. The van der Waals surface area contributed by atoms with Gasteiger partial charge in [0.15, 0.2) is 0 Å². The van der Waals surface area contributed by atoms with E-state index in [9.17, 15) is 0 Å². The summed E-state index contributed by atoms with van der Waals surface area (Å²) in [6, 6.07) is 8.13. The highest BCUT2D eigenvalue weighted by atomic mass is 16.5. The molecule has 0 atom stereocenters.